The highest BCUT2D eigenvalue weighted by Gasteiger charge is 2.28. The van der Waals surface area contributed by atoms with E-state index in [4.69, 9.17) is 9.47 Å². The van der Waals surface area contributed by atoms with Gasteiger partial charge < -0.3 is 9.47 Å². The number of carbonyl (C=O) groups is 2. The van der Waals surface area contributed by atoms with Crippen molar-refractivity contribution in [3.05, 3.63) is 101 Å². The maximum atomic E-state index is 12.7. The Labute approximate surface area is 177 Å². The molecule has 0 spiro atoms. The molecule has 1 aromatic heterocycles. The van der Waals surface area contributed by atoms with Gasteiger partial charge in [-0.15, -0.1) is 5.10 Å². The molecule has 0 radical (unpaired) electrons. The van der Waals surface area contributed by atoms with E-state index < -0.39 is 11.9 Å². The molecule has 1 aliphatic rings. The lowest BCUT2D eigenvalue weighted by molar-refractivity contribution is 0.0252. The van der Waals surface area contributed by atoms with E-state index >= 15 is 0 Å². The van der Waals surface area contributed by atoms with E-state index in [0.717, 1.165) is 16.8 Å². The van der Waals surface area contributed by atoms with Crippen LogP contribution < -0.4 is 4.74 Å². The van der Waals surface area contributed by atoms with Gasteiger partial charge >= 0.3 is 11.9 Å². The molecule has 0 saturated heterocycles. The van der Waals surface area contributed by atoms with Crippen molar-refractivity contribution in [1.82, 2.24) is 20.2 Å². The summed E-state index contributed by atoms with van der Waals surface area (Å²) in [6.07, 6.45) is 1.58. The largest absolute Gasteiger partial charge is 0.454 e. The molecular weight excluding hydrogens is 396 g/mol. The van der Waals surface area contributed by atoms with Crippen molar-refractivity contribution in [3.63, 3.8) is 0 Å². The normalized spacial score (nSPS) is 15.1. The lowest BCUT2D eigenvalue weighted by Gasteiger charge is -2.25. The third-order valence-corrected chi connectivity index (χ3v) is 5.05. The fourth-order valence-electron chi connectivity index (χ4n) is 3.49. The van der Waals surface area contributed by atoms with E-state index in [1.54, 1.807) is 42.5 Å². The van der Waals surface area contributed by atoms with E-state index in [2.05, 4.69) is 15.5 Å². The predicted octanol–water partition coefficient (Wildman–Crippen LogP) is 3.34. The Bertz CT molecular complexity index is 1240. The minimum Gasteiger partial charge on any atom is -0.454 e. The minimum absolute atomic E-state index is 0.366. The summed E-state index contributed by atoms with van der Waals surface area (Å²) in [6.45, 7) is 0. The Balaban J connectivity index is 1.34. The van der Waals surface area contributed by atoms with Gasteiger partial charge in [0.2, 0.25) is 0 Å². The Hall–Kier alpha value is -4.33. The number of carbonyl (C=O) groups excluding carboxylic acids is 2. The van der Waals surface area contributed by atoms with Gasteiger partial charge in [0, 0.05) is 6.42 Å². The zero-order chi connectivity index (χ0) is 21.2. The van der Waals surface area contributed by atoms with Crippen molar-refractivity contribution < 1.29 is 19.1 Å². The van der Waals surface area contributed by atoms with Gasteiger partial charge in [0.05, 0.1) is 16.8 Å². The molecule has 31 heavy (non-hydrogen) atoms. The van der Waals surface area contributed by atoms with Crippen LogP contribution in [-0.2, 0) is 11.2 Å². The standard InChI is InChI=1S/C23H16N4O4/c28-22(30-19-9-7-18(8-10-19)27-14-24-25-26-27)16-6-11-20-17(12-16)13-21(31-23(20)29)15-4-2-1-3-5-15/h1-12,14,21H,13H2/t21-/m1/s1. The molecule has 8 heteroatoms. The van der Waals surface area contributed by atoms with Gasteiger partial charge in [-0.2, -0.15) is 0 Å². The fourth-order valence-corrected chi connectivity index (χ4v) is 3.49. The number of fused-ring (bicyclic) bond motifs is 1. The van der Waals surface area contributed by atoms with Crippen LogP contribution in [0.5, 0.6) is 5.75 Å². The highest BCUT2D eigenvalue weighted by atomic mass is 16.5. The smallest absolute Gasteiger partial charge is 0.343 e. The monoisotopic (exact) mass is 412 g/mol. The summed E-state index contributed by atoms with van der Waals surface area (Å²) in [6, 6.07) is 21.2. The molecule has 2 heterocycles. The molecule has 0 amide bonds. The summed E-state index contributed by atoms with van der Waals surface area (Å²) in [5.41, 5.74) is 3.24. The second kappa shape index (κ2) is 7.83. The van der Waals surface area contributed by atoms with Crippen LogP contribution in [0.3, 0.4) is 0 Å². The molecule has 0 saturated carbocycles. The number of rotatable bonds is 4. The van der Waals surface area contributed by atoms with Crippen LogP contribution in [-0.4, -0.2) is 32.1 Å². The number of tetrazole rings is 1. The maximum Gasteiger partial charge on any atom is 0.343 e. The Morgan fingerprint density at radius 3 is 2.58 bits per heavy atom. The fraction of sp³-hybridized carbons (Fsp3) is 0.0870. The summed E-state index contributed by atoms with van der Waals surface area (Å²) in [7, 11) is 0. The van der Waals surface area contributed by atoms with Crippen LogP contribution in [0.15, 0.2) is 79.1 Å². The van der Waals surface area contributed by atoms with Crippen molar-refractivity contribution in [3.8, 4) is 11.4 Å². The summed E-state index contributed by atoms with van der Waals surface area (Å²) in [5, 5.41) is 11.0. The third kappa shape index (κ3) is 3.78. The van der Waals surface area contributed by atoms with E-state index in [1.165, 1.54) is 11.0 Å². The lowest BCUT2D eigenvalue weighted by Crippen LogP contribution is -2.22. The summed E-state index contributed by atoms with van der Waals surface area (Å²) in [5.74, 6) is -0.512. The number of hydrogen-bond acceptors (Lipinski definition) is 7. The molecule has 1 atom stereocenters. The first-order chi connectivity index (χ1) is 15.2. The summed E-state index contributed by atoms with van der Waals surface area (Å²) in [4.78, 5) is 25.1. The van der Waals surface area contributed by atoms with Gasteiger partial charge in [-0.1, -0.05) is 30.3 Å². The Kier molecular flexibility index (Phi) is 4.72. The van der Waals surface area contributed by atoms with Gasteiger partial charge in [0.25, 0.3) is 0 Å². The number of hydrogen-bond donors (Lipinski definition) is 0. The van der Waals surface area contributed by atoms with E-state index in [-0.39, 0.29) is 6.10 Å². The molecule has 0 fully saturated rings. The van der Waals surface area contributed by atoms with Crippen LogP contribution in [0.1, 0.15) is 37.9 Å². The second-order valence-electron chi connectivity index (χ2n) is 7.02. The summed E-state index contributed by atoms with van der Waals surface area (Å²) < 4.78 is 12.5. The zero-order valence-electron chi connectivity index (χ0n) is 16.2. The SMILES string of the molecule is O=C(Oc1ccc(-n2cnnn2)cc1)c1ccc2c(c1)C[C@H](c1ccccc1)OC2=O. The van der Waals surface area contributed by atoms with Crippen LogP contribution in [0.4, 0.5) is 0 Å². The molecule has 5 rings (SSSR count). The van der Waals surface area contributed by atoms with E-state index in [0.29, 0.717) is 23.3 Å². The second-order valence-corrected chi connectivity index (χ2v) is 7.02. The minimum atomic E-state index is -0.506. The number of esters is 2. The Morgan fingerprint density at radius 1 is 1.03 bits per heavy atom. The average molecular weight is 412 g/mol. The van der Waals surface area contributed by atoms with Crippen molar-refractivity contribution in [2.24, 2.45) is 0 Å². The third-order valence-electron chi connectivity index (χ3n) is 5.05. The Morgan fingerprint density at radius 2 is 1.84 bits per heavy atom. The zero-order valence-corrected chi connectivity index (χ0v) is 16.2. The molecule has 8 nitrogen and oxygen atoms in total. The number of cyclic esters (lactones) is 1. The van der Waals surface area contributed by atoms with E-state index in [9.17, 15) is 9.59 Å². The number of aromatic nitrogens is 4. The van der Waals surface area contributed by atoms with Crippen LogP contribution in [0, 0.1) is 0 Å². The van der Waals surface area contributed by atoms with Crippen LogP contribution in [0.25, 0.3) is 5.69 Å². The first-order valence-corrected chi connectivity index (χ1v) is 9.62. The van der Waals surface area contributed by atoms with Crippen molar-refractivity contribution in [2.45, 2.75) is 12.5 Å². The first kappa shape index (κ1) is 18.7. The van der Waals surface area contributed by atoms with Crippen LogP contribution >= 0.6 is 0 Å². The van der Waals surface area contributed by atoms with Crippen molar-refractivity contribution in [1.29, 1.82) is 0 Å². The highest BCUT2D eigenvalue weighted by Crippen LogP contribution is 2.31. The molecule has 0 unspecified atom stereocenters. The molecule has 4 aromatic rings. The highest BCUT2D eigenvalue weighted by molar-refractivity contribution is 5.96. The van der Waals surface area contributed by atoms with Crippen molar-refractivity contribution in [2.75, 3.05) is 0 Å². The molecular formula is C23H16N4O4. The van der Waals surface area contributed by atoms with Gasteiger partial charge in [0.1, 0.15) is 18.2 Å². The number of benzene rings is 3. The first-order valence-electron chi connectivity index (χ1n) is 9.62. The van der Waals surface area contributed by atoms with Gasteiger partial charge in [-0.25, -0.2) is 14.3 Å². The molecule has 0 aliphatic carbocycles. The quantitative estimate of drug-likeness (QED) is 0.375. The molecule has 1 aliphatic heterocycles. The van der Waals surface area contributed by atoms with Gasteiger partial charge in [-0.3, -0.25) is 0 Å². The van der Waals surface area contributed by atoms with Gasteiger partial charge in [0.15, 0.2) is 0 Å². The lowest BCUT2D eigenvalue weighted by atomic mass is 9.93. The molecule has 152 valence electrons. The number of nitrogens with zero attached hydrogens (tertiary/aromatic N) is 4. The van der Waals surface area contributed by atoms with Gasteiger partial charge in [-0.05, 0) is 64.0 Å². The molecule has 3 aromatic carbocycles. The average Bonchev–Trinajstić information content (AvgIpc) is 3.35. The van der Waals surface area contributed by atoms with Crippen molar-refractivity contribution >= 4 is 11.9 Å². The van der Waals surface area contributed by atoms with E-state index in [1.807, 2.05) is 30.3 Å². The van der Waals surface area contributed by atoms with Crippen LogP contribution in [0.2, 0.25) is 0 Å². The topological polar surface area (TPSA) is 96.2 Å². The predicted molar refractivity (Wildman–Crippen MR) is 109 cm³/mol. The number of ether oxygens (including phenoxy) is 2. The maximum absolute atomic E-state index is 12.7. The summed E-state index contributed by atoms with van der Waals surface area (Å²) >= 11 is 0. The molecule has 0 N–H and O–H groups in total. The molecule has 0 bridgehead atoms.